The van der Waals surface area contributed by atoms with Crippen LogP contribution in [0.25, 0.3) is 10.8 Å². The van der Waals surface area contributed by atoms with Gasteiger partial charge in [0.2, 0.25) is 10.0 Å². The number of hydrogen-bond acceptors (Lipinski definition) is 4. The number of hydrazone groups is 1. The monoisotopic (exact) mass is 354 g/mol. The molecule has 0 aliphatic rings. The Hall–Kier alpha value is -2.86. The molecule has 2 N–H and O–H groups in total. The van der Waals surface area contributed by atoms with Gasteiger partial charge in [-0.25, -0.2) is 13.2 Å². The van der Waals surface area contributed by atoms with Crippen molar-refractivity contribution in [3.05, 3.63) is 77.9 Å². The zero-order valence-corrected chi connectivity index (χ0v) is 14.3. The SMILES string of the molecule is O=S(=O)(CCc1ccccc1)N/N=C/c1c(O)ccc2ccccc12. The molecule has 0 bridgehead atoms. The smallest absolute Gasteiger partial charge is 0.247 e. The molecule has 0 atom stereocenters. The molecule has 6 heteroatoms. The van der Waals surface area contributed by atoms with Crippen molar-refractivity contribution in [2.75, 3.05) is 5.75 Å². The summed E-state index contributed by atoms with van der Waals surface area (Å²) in [6.45, 7) is 0. The molecule has 0 aromatic heterocycles. The van der Waals surface area contributed by atoms with Crippen LogP contribution in [0.1, 0.15) is 11.1 Å². The summed E-state index contributed by atoms with van der Waals surface area (Å²) in [5, 5.41) is 15.6. The van der Waals surface area contributed by atoms with E-state index in [1.807, 2.05) is 54.6 Å². The van der Waals surface area contributed by atoms with E-state index >= 15 is 0 Å². The second-order valence-electron chi connectivity index (χ2n) is 5.62. The fourth-order valence-corrected chi connectivity index (χ4v) is 3.34. The second kappa shape index (κ2) is 7.36. The van der Waals surface area contributed by atoms with Crippen molar-refractivity contribution in [3.63, 3.8) is 0 Å². The number of phenols is 1. The third-order valence-corrected chi connectivity index (χ3v) is 4.96. The first kappa shape index (κ1) is 17.0. The fraction of sp³-hybridized carbons (Fsp3) is 0.105. The van der Waals surface area contributed by atoms with Gasteiger partial charge in [-0.3, -0.25) is 0 Å². The van der Waals surface area contributed by atoms with Crippen LogP contribution in [0.2, 0.25) is 0 Å². The Bertz CT molecular complexity index is 1000. The van der Waals surface area contributed by atoms with E-state index in [2.05, 4.69) is 9.93 Å². The van der Waals surface area contributed by atoms with Crippen LogP contribution in [0.4, 0.5) is 0 Å². The second-order valence-corrected chi connectivity index (χ2v) is 7.44. The van der Waals surface area contributed by atoms with E-state index < -0.39 is 10.0 Å². The molecule has 128 valence electrons. The molecule has 0 unspecified atom stereocenters. The Labute approximate surface area is 146 Å². The first-order chi connectivity index (χ1) is 12.1. The molecule has 3 aromatic carbocycles. The lowest BCUT2D eigenvalue weighted by Crippen LogP contribution is -2.22. The fourth-order valence-electron chi connectivity index (χ4n) is 2.53. The first-order valence-electron chi connectivity index (χ1n) is 7.82. The third-order valence-electron chi connectivity index (χ3n) is 3.84. The molecule has 0 radical (unpaired) electrons. The van der Waals surface area contributed by atoms with E-state index in [9.17, 15) is 13.5 Å². The zero-order valence-electron chi connectivity index (χ0n) is 13.5. The van der Waals surface area contributed by atoms with Crippen LogP contribution in [-0.2, 0) is 16.4 Å². The van der Waals surface area contributed by atoms with Gasteiger partial charge in [0.25, 0.3) is 0 Å². The Morgan fingerprint density at radius 1 is 0.960 bits per heavy atom. The highest BCUT2D eigenvalue weighted by Crippen LogP contribution is 2.25. The number of aryl methyl sites for hydroxylation is 1. The Morgan fingerprint density at radius 2 is 1.68 bits per heavy atom. The molecule has 3 rings (SSSR count). The number of aromatic hydroxyl groups is 1. The summed E-state index contributed by atoms with van der Waals surface area (Å²) in [4.78, 5) is 2.20. The van der Waals surface area contributed by atoms with Gasteiger partial charge >= 0.3 is 0 Å². The van der Waals surface area contributed by atoms with Crippen molar-refractivity contribution in [2.24, 2.45) is 5.10 Å². The summed E-state index contributed by atoms with van der Waals surface area (Å²) in [6.07, 6.45) is 1.74. The lowest BCUT2D eigenvalue weighted by Gasteiger charge is -2.06. The highest BCUT2D eigenvalue weighted by Gasteiger charge is 2.09. The Morgan fingerprint density at radius 3 is 2.48 bits per heavy atom. The summed E-state index contributed by atoms with van der Waals surface area (Å²) in [6, 6.07) is 20.3. The molecule has 0 aliphatic carbocycles. The van der Waals surface area contributed by atoms with Crippen molar-refractivity contribution < 1.29 is 13.5 Å². The van der Waals surface area contributed by atoms with Crippen LogP contribution in [0, 0.1) is 0 Å². The van der Waals surface area contributed by atoms with Crippen LogP contribution < -0.4 is 4.83 Å². The van der Waals surface area contributed by atoms with E-state index in [4.69, 9.17) is 0 Å². The first-order valence-corrected chi connectivity index (χ1v) is 9.47. The molecule has 5 nitrogen and oxygen atoms in total. The third kappa shape index (κ3) is 4.36. The zero-order chi connectivity index (χ0) is 17.7. The number of nitrogens with one attached hydrogen (secondary N) is 1. The van der Waals surface area contributed by atoms with Crippen LogP contribution in [0.5, 0.6) is 5.75 Å². The Kier molecular flexibility index (Phi) is 5.00. The van der Waals surface area contributed by atoms with Gasteiger partial charge in [0.05, 0.1) is 12.0 Å². The predicted octanol–water partition coefficient (Wildman–Crippen LogP) is 3.04. The predicted molar refractivity (Wildman–Crippen MR) is 100 cm³/mol. The van der Waals surface area contributed by atoms with Crippen LogP contribution >= 0.6 is 0 Å². The summed E-state index contributed by atoms with van der Waals surface area (Å²) in [7, 11) is -3.55. The highest BCUT2D eigenvalue weighted by molar-refractivity contribution is 7.89. The average molecular weight is 354 g/mol. The number of fused-ring (bicyclic) bond motifs is 1. The number of rotatable bonds is 6. The number of benzene rings is 3. The van der Waals surface area contributed by atoms with Gasteiger partial charge in [-0.1, -0.05) is 60.7 Å². The van der Waals surface area contributed by atoms with Gasteiger partial charge in [-0.05, 0) is 28.8 Å². The molecule has 0 amide bonds. The summed E-state index contributed by atoms with van der Waals surface area (Å²) in [5.41, 5.74) is 1.42. The maximum Gasteiger partial charge on any atom is 0.247 e. The van der Waals surface area contributed by atoms with E-state index in [-0.39, 0.29) is 11.5 Å². The summed E-state index contributed by atoms with van der Waals surface area (Å²) < 4.78 is 24.1. The maximum absolute atomic E-state index is 12.1. The standard InChI is InChI=1S/C19H18N2O3S/c22-19-11-10-16-8-4-5-9-17(16)18(19)14-20-21-25(23,24)13-12-15-6-2-1-3-7-15/h1-11,14,21-22H,12-13H2/b20-14+. The molecular weight excluding hydrogens is 336 g/mol. The molecule has 0 fully saturated rings. The molecule has 0 spiro atoms. The minimum atomic E-state index is -3.55. The molecule has 3 aromatic rings. The maximum atomic E-state index is 12.1. The summed E-state index contributed by atoms with van der Waals surface area (Å²) in [5.74, 6) is -0.0125. The molecule has 0 saturated heterocycles. The van der Waals surface area contributed by atoms with Gasteiger partial charge in [-0.15, -0.1) is 0 Å². The lowest BCUT2D eigenvalue weighted by atomic mass is 10.0. The highest BCUT2D eigenvalue weighted by atomic mass is 32.2. The normalized spacial score (nSPS) is 11.8. The van der Waals surface area contributed by atoms with Crippen LogP contribution in [0.15, 0.2) is 71.8 Å². The van der Waals surface area contributed by atoms with Gasteiger partial charge in [0, 0.05) is 5.56 Å². The quantitative estimate of drug-likeness (QED) is 0.527. The summed E-state index contributed by atoms with van der Waals surface area (Å²) >= 11 is 0. The van der Waals surface area contributed by atoms with Crippen molar-refractivity contribution in [3.8, 4) is 5.75 Å². The lowest BCUT2D eigenvalue weighted by molar-refractivity contribution is 0.475. The van der Waals surface area contributed by atoms with Crippen molar-refractivity contribution in [1.29, 1.82) is 0 Å². The minimum absolute atomic E-state index is 0.0472. The number of phenolic OH excluding ortho intramolecular Hbond substituents is 1. The molecular formula is C19H18N2O3S. The number of sulfonamides is 1. The van der Waals surface area contributed by atoms with Crippen molar-refractivity contribution >= 4 is 27.0 Å². The average Bonchev–Trinajstić information content (AvgIpc) is 2.63. The minimum Gasteiger partial charge on any atom is -0.507 e. The van der Waals surface area contributed by atoms with Gasteiger partial charge in [0.1, 0.15) is 5.75 Å². The van der Waals surface area contributed by atoms with Crippen molar-refractivity contribution in [1.82, 2.24) is 4.83 Å². The molecule has 0 aliphatic heterocycles. The molecule has 0 heterocycles. The van der Waals surface area contributed by atoms with E-state index in [1.165, 1.54) is 6.21 Å². The number of hydrogen-bond donors (Lipinski definition) is 2. The topological polar surface area (TPSA) is 78.8 Å². The van der Waals surface area contributed by atoms with E-state index in [0.717, 1.165) is 16.3 Å². The Balaban J connectivity index is 1.71. The number of nitrogens with zero attached hydrogens (tertiary/aromatic N) is 1. The largest absolute Gasteiger partial charge is 0.507 e. The van der Waals surface area contributed by atoms with E-state index in [0.29, 0.717) is 12.0 Å². The molecule has 25 heavy (non-hydrogen) atoms. The van der Waals surface area contributed by atoms with Crippen molar-refractivity contribution in [2.45, 2.75) is 6.42 Å². The van der Waals surface area contributed by atoms with Crippen LogP contribution in [0.3, 0.4) is 0 Å². The van der Waals surface area contributed by atoms with E-state index in [1.54, 1.807) is 12.1 Å². The van der Waals surface area contributed by atoms with Crippen LogP contribution in [-0.4, -0.2) is 25.5 Å². The molecule has 0 saturated carbocycles. The van der Waals surface area contributed by atoms with Gasteiger partial charge < -0.3 is 5.11 Å². The van der Waals surface area contributed by atoms with Gasteiger partial charge in [-0.2, -0.15) is 5.10 Å². The van der Waals surface area contributed by atoms with Gasteiger partial charge in [0.15, 0.2) is 0 Å².